The third kappa shape index (κ3) is 2.70. The zero-order valence-corrected chi connectivity index (χ0v) is 14.4. The molecule has 0 radical (unpaired) electrons. The molecule has 0 aliphatic carbocycles. The molecule has 0 fully saturated rings. The number of benzene rings is 2. The predicted molar refractivity (Wildman–Crippen MR) is 99.5 cm³/mol. The van der Waals surface area contributed by atoms with Gasteiger partial charge in [0.2, 0.25) is 0 Å². The molecule has 3 aromatic rings. The van der Waals surface area contributed by atoms with Crippen LogP contribution in [0.3, 0.4) is 0 Å². The van der Waals surface area contributed by atoms with Gasteiger partial charge in [-0.2, -0.15) is 0 Å². The first-order valence-electron chi connectivity index (χ1n) is 8.25. The summed E-state index contributed by atoms with van der Waals surface area (Å²) >= 11 is 0. The van der Waals surface area contributed by atoms with Crippen molar-refractivity contribution in [1.82, 2.24) is 4.57 Å². The minimum absolute atomic E-state index is 0.178. The van der Waals surface area contributed by atoms with Gasteiger partial charge in [-0.1, -0.05) is 18.2 Å². The Labute approximate surface area is 143 Å². The van der Waals surface area contributed by atoms with Crippen molar-refractivity contribution < 1.29 is 5.11 Å². The van der Waals surface area contributed by atoms with Crippen molar-refractivity contribution in [2.45, 2.75) is 33.7 Å². The Balaban J connectivity index is 2.31. The Morgan fingerprint density at radius 3 is 2.58 bits per heavy atom. The molecule has 3 heteroatoms. The van der Waals surface area contributed by atoms with E-state index in [2.05, 4.69) is 53.7 Å². The topological polar surface area (TPSA) is 29.5 Å². The fourth-order valence-electron chi connectivity index (χ4n) is 3.23. The lowest BCUT2D eigenvalue weighted by Gasteiger charge is -2.08. The number of hydrogen-bond donors (Lipinski definition) is 1. The van der Waals surface area contributed by atoms with Crippen molar-refractivity contribution in [2.24, 2.45) is 0 Å². The van der Waals surface area contributed by atoms with Gasteiger partial charge >= 0.3 is 0 Å². The summed E-state index contributed by atoms with van der Waals surface area (Å²) in [6.45, 7) is 14.6. The minimum Gasteiger partial charge on any atom is -0.396 e. The third-order valence-electron chi connectivity index (χ3n) is 4.77. The van der Waals surface area contributed by atoms with E-state index in [-0.39, 0.29) is 6.61 Å². The van der Waals surface area contributed by atoms with Crippen LogP contribution in [0.4, 0.5) is 5.69 Å². The molecule has 1 aromatic heterocycles. The molecule has 0 amide bonds. The van der Waals surface area contributed by atoms with E-state index in [0.29, 0.717) is 5.69 Å². The number of aryl methyl sites for hydroxylation is 3. The number of rotatable bonds is 4. The summed E-state index contributed by atoms with van der Waals surface area (Å²) in [6, 6.07) is 10.4. The molecule has 3 rings (SSSR count). The van der Waals surface area contributed by atoms with E-state index >= 15 is 0 Å². The lowest BCUT2D eigenvalue weighted by atomic mass is 9.96. The van der Waals surface area contributed by atoms with E-state index in [4.69, 9.17) is 6.57 Å². The fourth-order valence-corrected chi connectivity index (χ4v) is 3.23. The Morgan fingerprint density at radius 1 is 1.08 bits per heavy atom. The van der Waals surface area contributed by atoms with Crippen molar-refractivity contribution in [3.63, 3.8) is 0 Å². The lowest BCUT2D eigenvalue weighted by molar-refractivity contribution is 0.280. The summed E-state index contributed by atoms with van der Waals surface area (Å²) in [4.78, 5) is 3.67. The highest BCUT2D eigenvalue weighted by Gasteiger charge is 2.14. The summed E-state index contributed by atoms with van der Waals surface area (Å²) in [7, 11) is 0. The van der Waals surface area contributed by atoms with E-state index in [1.54, 1.807) is 0 Å². The predicted octanol–water partition coefficient (Wildman–Crippen LogP) is 5.17. The number of hydrogen-bond acceptors (Lipinski definition) is 1. The van der Waals surface area contributed by atoms with Crippen LogP contribution >= 0.6 is 0 Å². The summed E-state index contributed by atoms with van der Waals surface area (Å²) in [5.41, 5.74) is 7.73. The maximum absolute atomic E-state index is 9.19. The largest absolute Gasteiger partial charge is 0.396 e. The van der Waals surface area contributed by atoms with E-state index in [1.165, 1.54) is 16.7 Å². The molecule has 2 aromatic carbocycles. The number of nitrogens with zero attached hydrogens (tertiary/aromatic N) is 2. The van der Waals surface area contributed by atoms with Crippen molar-refractivity contribution in [2.75, 3.05) is 6.61 Å². The molecule has 0 spiro atoms. The van der Waals surface area contributed by atoms with Crippen molar-refractivity contribution in [1.29, 1.82) is 0 Å². The van der Waals surface area contributed by atoms with Gasteiger partial charge in [-0.05, 0) is 67.0 Å². The Morgan fingerprint density at radius 2 is 1.88 bits per heavy atom. The summed E-state index contributed by atoms with van der Waals surface area (Å²) < 4.78 is 2.20. The van der Waals surface area contributed by atoms with Gasteiger partial charge in [0.15, 0.2) is 5.69 Å². The normalized spacial score (nSPS) is 11.0. The summed E-state index contributed by atoms with van der Waals surface area (Å²) in [5, 5.41) is 10.3. The van der Waals surface area contributed by atoms with Crippen molar-refractivity contribution >= 4 is 16.6 Å². The molecule has 1 heterocycles. The first-order chi connectivity index (χ1) is 11.6. The monoisotopic (exact) mass is 318 g/mol. The molecular formula is C21H22N2O. The van der Waals surface area contributed by atoms with E-state index in [1.807, 2.05) is 13.0 Å². The number of aromatic nitrogens is 1. The Kier molecular flexibility index (Phi) is 4.42. The van der Waals surface area contributed by atoms with Gasteiger partial charge in [0.1, 0.15) is 0 Å². The molecular weight excluding hydrogens is 296 g/mol. The molecule has 1 N–H and O–H groups in total. The van der Waals surface area contributed by atoms with Gasteiger partial charge in [-0.15, -0.1) is 0 Å². The highest BCUT2D eigenvalue weighted by atomic mass is 16.3. The second-order valence-electron chi connectivity index (χ2n) is 6.33. The molecule has 0 unspecified atom stereocenters. The molecule has 24 heavy (non-hydrogen) atoms. The Hall–Kier alpha value is -2.57. The van der Waals surface area contributed by atoms with E-state index in [0.717, 1.165) is 35.0 Å². The van der Waals surface area contributed by atoms with E-state index < -0.39 is 0 Å². The van der Waals surface area contributed by atoms with Crippen LogP contribution in [0.5, 0.6) is 0 Å². The fraction of sp³-hybridized carbons (Fsp3) is 0.286. The molecule has 0 saturated heterocycles. The summed E-state index contributed by atoms with van der Waals surface area (Å²) in [5.74, 6) is 0. The quantitative estimate of drug-likeness (QED) is 0.661. The van der Waals surface area contributed by atoms with Gasteiger partial charge in [0, 0.05) is 30.4 Å². The molecule has 0 atom stereocenters. The maximum atomic E-state index is 9.19. The van der Waals surface area contributed by atoms with Crippen LogP contribution in [0.25, 0.3) is 26.9 Å². The minimum atomic E-state index is 0.178. The smallest absolute Gasteiger partial charge is 0.190 e. The van der Waals surface area contributed by atoms with Gasteiger partial charge in [-0.25, -0.2) is 4.85 Å². The van der Waals surface area contributed by atoms with Crippen LogP contribution in [0.2, 0.25) is 0 Å². The number of aliphatic hydroxyl groups is 1. The van der Waals surface area contributed by atoms with Crippen LogP contribution in [-0.2, 0) is 6.54 Å². The van der Waals surface area contributed by atoms with Crippen molar-refractivity contribution in [3.8, 4) is 11.1 Å². The van der Waals surface area contributed by atoms with E-state index in [9.17, 15) is 5.11 Å². The second kappa shape index (κ2) is 6.51. The molecule has 0 bridgehead atoms. The number of fused-ring (bicyclic) bond motifs is 1. The molecule has 122 valence electrons. The maximum Gasteiger partial charge on any atom is 0.190 e. The average Bonchev–Trinajstić information content (AvgIpc) is 2.92. The van der Waals surface area contributed by atoms with Gasteiger partial charge in [0.05, 0.1) is 6.57 Å². The zero-order chi connectivity index (χ0) is 17.3. The molecule has 0 saturated carbocycles. The third-order valence-corrected chi connectivity index (χ3v) is 4.77. The van der Waals surface area contributed by atoms with Gasteiger partial charge in [0.25, 0.3) is 0 Å². The van der Waals surface area contributed by atoms with Crippen LogP contribution in [0.15, 0.2) is 36.5 Å². The van der Waals surface area contributed by atoms with Crippen LogP contribution in [-0.4, -0.2) is 16.3 Å². The zero-order valence-electron chi connectivity index (χ0n) is 14.4. The lowest BCUT2D eigenvalue weighted by Crippen LogP contribution is -1.98. The molecule has 0 aliphatic heterocycles. The molecule has 0 aliphatic rings. The van der Waals surface area contributed by atoms with Crippen LogP contribution in [0, 0.1) is 27.3 Å². The number of aliphatic hydroxyl groups excluding tert-OH is 1. The second-order valence-corrected chi connectivity index (χ2v) is 6.33. The highest BCUT2D eigenvalue weighted by molar-refractivity contribution is 5.99. The molecule has 3 nitrogen and oxygen atoms in total. The summed E-state index contributed by atoms with van der Waals surface area (Å²) in [6.07, 6.45) is 2.88. The van der Waals surface area contributed by atoms with Gasteiger partial charge in [-0.3, -0.25) is 0 Å². The van der Waals surface area contributed by atoms with Gasteiger partial charge < -0.3 is 9.67 Å². The van der Waals surface area contributed by atoms with Crippen molar-refractivity contribution in [3.05, 3.63) is 64.6 Å². The van der Waals surface area contributed by atoms with Crippen LogP contribution in [0.1, 0.15) is 23.1 Å². The standard InChI is InChI=1S/C21H22N2O/c1-14-7-5-8-17(16(14)3)19-13-23(9-6-10-24)21-11-15(2)20(22-4)12-18(19)21/h5,7-8,11-13,24H,6,9-10H2,1-3H3. The first kappa shape index (κ1) is 16.3. The Bertz CT molecular complexity index is 945. The average molecular weight is 318 g/mol. The highest BCUT2D eigenvalue weighted by Crippen LogP contribution is 2.37. The van der Waals surface area contributed by atoms with Crippen LogP contribution < -0.4 is 0 Å². The SMILES string of the molecule is [C-]#[N+]c1cc2c(-c3cccc(C)c3C)cn(CCCO)c2cc1C. The first-order valence-corrected chi connectivity index (χ1v) is 8.25.